The molecule has 1 N–H and O–H groups in total. The number of halogens is 2. The SMILES string of the molecule is O=C(COC(=O)Cc1c(Cl)cccc1Cl)NCCN1C(=O)CSC1=O. The number of hydrogen-bond acceptors (Lipinski definition) is 6. The summed E-state index contributed by atoms with van der Waals surface area (Å²) in [6.07, 6.45) is -0.153. The Labute approximate surface area is 158 Å². The molecule has 1 aliphatic heterocycles. The first-order valence-electron chi connectivity index (χ1n) is 7.21. The van der Waals surface area contributed by atoms with E-state index in [9.17, 15) is 19.2 Å². The Morgan fingerprint density at radius 3 is 2.52 bits per heavy atom. The zero-order valence-electron chi connectivity index (χ0n) is 12.9. The van der Waals surface area contributed by atoms with Crippen LogP contribution in [0.4, 0.5) is 4.79 Å². The number of thioether (sulfide) groups is 1. The van der Waals surface area contributed by atoms with Crippen molar-refractivity contribution in [2.45, 2.75) is 6.42 Å². The summed E-state index contributed by atoms with van der Waals surface area (Å²) in [5.41, 5.74) is 0.430. The van der Waals surface area contributed by atoms with Crippen LogP contribution in [0.15, 0.2) is 18.2 Å². The second-order valence-corrected chi connectivity index (χ2v) is 6.73. The van der Waals surface area contributed by atoms with Crippen LogP contribution in [0.25, 0.3) is 0 Å². The molecular weight excluding hydrogens is 391 g/mol. The molecule has 1 heterocycles. The third-order valence-corrected chi connectivity index (χ3v) is 4.81. The van der Waals surface area contributed by atoms with Crippen LogP contribution in [0.1, 0.15) is 5.56 Å². The van der Waals surface area contributed by atoms with Crippen LogP contribution in [0.3, 0.4) is 0 Å². The van der Waals surface area contributed by atoms with E-state index < -0.39 is 18.5 Å². The Morgan fingerprint density at radius 2 is 1.92 bits per heavy atom. The zero-order chi connectivity index (χ0) is 18.4. The Kier molecular flexibility index (Phi) is 7.10. The molecule has 0 aliphatic carbocycles. The lowest BCUT2D eigenvalue weighted by atomic mass is 10.1. The molecule has 1 aromatic carbocycles. The Balaban J connectivity index is 1.70. The molecule has 3 amide bonds. The molecule has 1 aromatic rings. The van der Waals surface area contributed by atoms with Crippen molar-refractivity contribution in [3.05, 3.63) is 33.8 Å². The van der Waals surface area contributed by atoms with E-state index >= 15 is 0 Å². The summed E-state index contributed by atoms with van der Waals surface area (Å²) in [7, 11) is 0. The van der Waals surface area contributed by atoms with Gasteiger partial charge in [0, 0.05) is 28.7 Å². The van der Waals surface area contributed by atoms with Gasteiger partial charge in [0.15, 0.2) is 6.61 Å². The number of benzene rings is 1. The maximum absolute atomic E-state index is 11.8. The largest absolute Gasteiger partial charge is 0.455 e. The third-order valence-electron chi connectivity index (χ3n) is 3.25. The van der Waals surface area contributed by atoms with Gasteiger partial charge in [0.25, 0.3) is 11.1 Å². The van der Waals surface area contributed by atoms with Gasteiger partial charge in [0.1, 0.15) is 0 Å². The molecule has 1 fully saturated rings. The highest BCUT2D eigenvalue weighted by Crippen LogP contribution is 2.24. The standard InChI is InChI=1S/C15H14Cl2N2O5S/c16-10-2-1-3-11(17)9(10)6-14(22)24-7-12(20)18-4-5-19-13(21)8-25-15(19)23/h1-3H,4-8H2,(H,18,20). The van der Waals surface area contributed by atoms with E-state index in [1.165, 1.54) is 0 Å². The molecule has 7 nitrogen and oxygen atoms in total. The fourth-order valence-electron chi connectivity index (χ4n) is 2.00. The number of imide groups is 1. The Morgan fingerprint density at radius 1 is 1.24 bits per heavy atom. The van der Waals surface area contributed by atoms with Gasteiger partial charge in [-0.1, -0.05) is 41.0 Å². The average Bonchev–Trinajstić information content (AvgIpc) is 2.88. The van der Waals surface area contributed by atoms with Gasteiger partial charge < -0.3 is 10.1 Å². The van der Waals surface area contributed by atoms with E-state index in [0.717, 1.165) is 16.7 Å². The number of rotatable bonds is 7. The summed E-state index contributed by atoms with van der Waals surface area (Å²) in [6.45, 7) is -0.304. The second-order valence-electron chi connectivity index (χ2n) is 4.99. The molecule has 1 aliphatic rings. The van der Waals surface area contributed by atoms with Crippen LogP contribution in [0.2, 0.25) is 10.0 Å². The van der Waals surface area contributed by atoms with E-state index in [1.807, 2.05) is 0 Å². The van der Waals surface area contributed by atoms with Crippen LogP contribution in [0, 0.1) is 0 Å². The fraction of sp³-hybridized carbons (Fsp3) is 0.333. The molecular formula is C15H14Cl2N2O5S. The van der Waals surface area contributed by atoms with Gasteiger partial charge in [0.2, 0.25) is 5.91 Å². The first kappa shape index (κ1) is 19.6. The summed E-state index contributed by atoms with van der Waals surface area (Å²) in [4.78, 5) is 47.2. The lowest BCUT2D eigenvalue weighted by Gasteiger charge is -2.13. The lowest BCUT2D eigenvalue weighted by molar-refractivity contribution is -0.147. The van der Waals surface area contributed by atoms with Crippen molar-refractivity contribution in [1.82, 2.24) is 10.2 Å². The topological polar surface area (TPSA) is 92.8 Å². The summed E-state index contributed by atoms with van der Waals surface area (Å²) in [5, 5.41) is 2.82. The summed E-state index contributed by atoms with van der Waals surface area (Å²) < 4.78 is 4.86. The van der Waals surface area contributed by atoms with Crippen molar-refractivity contribution in [2.75, 3.05) is 25.4 Å². The first-order valence-corrected chi connectivity index (χ1v) is 8.95. The van der Waals surface area contributed by atoms with Crippen molar-refractivity contribution in [1.29, 1.82) is 0 Å². The predicted molar refractivity (Wildman–Crippen MR) is 93.7 cm³/mol. The van der Waals surface area contributed by atoms with E-state index in [1.54, 1.807) is 18.2 Å². The summed E-state index contributed by atoms with van der Waals surface area (Å²) in [5.74, 6) is -1.35. The second kappa shape index (κ2) is 9.07. The van der Waals surface area contributed by atoms with E-state index in [4.69, 9.17) is 27.9 Å². The van der Waals surface area contributed by atoms with E-state index in [-0.39, 0.29) is 36.4 Å². The Hall–Kier alpha value is -1.77. The molecule has 0 spiro atoms. The van der Waals surface area contributed by atoms with Gasteiger partial charge in [-0.05, 0) is 12.1 Å². The maximum atomic E-state index is 11.8. The van der Waals surface area contributed by atoms with Crippen molar-refractivity contribution < 1.29 is 23.9 Å². The van der Waals surface area contributed by atoms with Crippen molar-refractivity contribution in [2.24, 2.45) is 0 Å². The van der Waals surface area contributed by atoms with E-state index in [0.29, 0.717) is 15.6 Å². The minimum absolute atomic E-state index is 0.0829. The average molecular weight is 405 g/mol. The van der Waals surface area contributed by atoms with Crippen LogP contribution >= 0.6 is 35.0 Å². The van der Waals surface area contributed by atoms with Gasteiger partial charge >= 0.3 is 5.97 Å². The lowest BCUT2D eigenvalue weighted by Crippen LogP contribution is -2.38. The molecule has 0 saturated carbocycles. The number of nitrogens with zero attached hydrogens (tertiary/aromatic N) is 1. The normalized spacial score (nSPS) is 13.9. The highest BCUT2D eigenvalue weighted by Gasteiger charge is 2.29. The molecule has 0 bridgehead atoms. The minimum Gasteiger partial charge on any atom is -0.455 e. The van der Waals surface area contributed by atoms with E-state index in [2.05, 4.69) is 5.32 Å². The van der Waals surface area contributed by atoms with Gasteiger partial charge in [-0.15, -0.1) is 0 Å². The fourth-order valence-corrected chi connectivity index (χ4v) is 3.28. The van der Waals surface area contributed by atoms with Gasteiger partial charge in [-0.25, -0.2) is 0 Å². The van der Waals surface area contributed by atoms with Gasteiger partial charge in [0.05, 0.1) is 12.2 Å². The Bertz CT molecular complexity index is 677. The summed E-state index contributed by atoms with van der Waals surface area (Å²) in [6, 6.07) is 4.85. The molecule has 0 atom stereocenters. The highest BCUT2D eigenvalue weighted by molar-refractivity contribution is 8.14. The smallest absolute Gasteiger partial charge is 0.310 e. The molecule has 0 unspecified atom stereocenters. The number of esters is 1. The quantitative estimate of drug-likeness (QED) is 0.697. The zero-order valence-corrected chi connectivity index (χ0v) is 15.2. The molecule has 10 heteroatoms. The number of carbonyl (C=O) groups excluding carboxylic acids is 4. The number of carbonyl (C=O) groups is 4. The van der Waals surface area contributed by atoms with Crippen LogP contribution in [-0.2, 0) is 25.5 Å². The molecule has 134 valence electrons. The first-order chi connectivity index (χ1) is 11.9. The number of amides is 3. The maximum Gasteiger partial charge on any atom is 0.310 e. The molecule has 0 radical (unpaired) electrons. The number of ether oxygens (including phenoxy) is 1. The predicted octanol–water partition coefficient (Wildman–Crippen LogP) is 1.89. The van der Waals surface area contributed by atoms with Gasteiger partial charge in [-0.3, -0.25) is 24.1 Å². The minimum atomic E-state index is -0.647. The number of nitrogens with one attached hydrogen (secondary N) is 1. The molecule has 2 rings (SSSR count). The molecule has 1 saturated heterocycles. The monoisotopic (exact) mass is 404 g/mol. The molecule has 0 aromatic heterocycles. The van der Waals surface area contributed by atoms with Crippen molar-refractivity contribution in [3.8, 4) is 0 Å². The molecule has 25 heavy (non-hydrogen) atoms. The van der Waals surface area contributed by atoms with Crippen LogP contribution in [-0.4, -0.2) is 53.4 Å². The van der Waals surface area contributed by atoms with Crippen molar-refractivity contribution >= 4 is 58.0 Å². The highest BCUT2D eigenvalue weighted by atomic mass is 35.5. The van der Waals surface area contributed by atoms with Crippen molar-refractivity contribution in [3.63, 3.8) is 0 Å². The third kappa shape index (κ3) is 5.62. The van der Waals surface area contributed by atoms with Crippen LogP contribution < -0.4 is 5.32 Å². The van der Waals surface area contributed by atoms with Crippen LogP contribution in [0.5, 0.6) is 0 Å². The summed E-state index contributed by atoms with van der Waals surface area (Å²) >= 11 is 12.8. The van der Waals surface area contributed by atoms with Gasteiger partial charge in [-0.2, -0.15) is 0 Å². The number of hydrogen-bond donors (Lipinski definition) is 1.